The van der Waals surface area contributed by atoms with E-state index < -0.39 is 97.8 Å². The number of carboxylic acid groups (broad SMARTS) is 1. The van der Waals surface area contributed by atoms with Crippen LogP contribution in [0.2, 0.25) is 0 Å². The number of allylic oxidation sites excluding steroid dienone is 4. The van der Waals surface area contributed by atoms with E-state index >= 15 is 0 Å². The number of rotatable bonds is 17. The van der Waals surface area contributed by atoms with E-state index in [4.69, 9.17) is 14.0 Å². The molecule has 0 spiro atoms. The smallest absolute Gasteiger partial charge is 0.470 e. The van der Waals surface area contributed by atoms with Crippen molar-refractivity contribution in [3.8, 4) is 0 Å². The number of aliphatic hydroxyl groups is 2. The van der Waals surface area contributed by atoms with Crippen LogP contribution in [0.4, 0.5) is 5.69 Å². The van der Waals surface area contributed by atoms with E-state index in [0.717, 1.165) is 11.1 Å². The zero-order valence-electron chi connectivity index (χ0n) is 35.7. The largest absolute Gasteiger partial charge is 0.481 e. The Morgan fingerprint density at radius 2 is 1.80 bits per heavy atom. The highest BCUT2D eigenvalue weighted by atomic mass is 79.9. The number of amides is 3. The lowest BCUT2D eigenvalue weighted by Crippen LogP contribution is -2.63. The maximum Gasteiger partial charge on any atom is 0.470 e. The van der Waals surface area contributed by atoms with Gasteiger partial charge in [0, 0.05) is 34.4 Å². The Kier molecular flexibility index (Phi) is 14.2. The first kappa shape index (κ1) is 48.5. The quantitative estimate of drug-likeness (QED) is 0.0834. The van der Waals surface area contributed by atoms with Crippen LogP contribution in [0, 0.1) is 28.6 Å². The molecule has 8 N–H and O–H groups in total. The summed E-state index contributed by atoms with van der Waals surface area (Å²) in [6.45, 7) is 2.13. The molecule has 10 atom stereocenters. The summed E-state index contributed by atoms with van der Waals surface area (Å²) in [5.74, 6) is -4.46. The molecule has 0 aromatic heterocycles. The number of benzene rings is 2. The standard InChI is InChI=1S/C45H53BrN3O15P/c1-43-11-10-30(51)17-28(43)6-7-31-32-18-36-45(35(53)23-62-65(59,60)61,44(32,2)19-34(52)40(31)43)64-42(63-36)27-5-3-4-24(14-27)12-25-13-26(22-50)16-29(15-25)48-41(58)33(8-9-39(56)57)49-38(55)21-47-37(54)20-46/h3-5,10-11,13-17,31-34,36,40,42,50,52H,6-9,12,18-23H2,1-2H3,(H,47,54)(H,48,58)(H,49,55)(H,56,57)(H2,59,60,61)/t31-,32-,33?,34-,36+,40+,42+,43-,44-,45+/m0/s1. The van der Waals surface area contributed by atoms with Crippen LogP contribution in [0.3, 0.4) is 0 Å². The van der Waals surface area contributed by atoms with Gasteiger partial charge in [-0.1, -0.05) is 71.8 Å². The minimum Gasteiger partial charge on any atom is -0.481 e. The highest BCUT2D eigenvalue weighted by molar-refractivity contribution is 9.09. The summed E-state index contributed by atoms with van der Waals surface area (Å²) in [5, 5.41) is 39.0. The second-order valence-corrected chi connectivity index (χ2v) is 19.8. The summed E-state index contributed by atoms with van der Waals surface area (Å²) in [4.78, 5) is 95.0. The number of carbonyl (C=O) groups excluding carboxylic acids is 5. The Labute approximate surface area is 382 Å². The number of hydrogen-bond donors (Lipinski definition) is 8. The number of phosphoric acid groups is 1. The third-order valence-electron chi connectivity index (χ3n) is 14.0. The number of ketones is 2. The van der Waals surface area contributed by atoms with E-state index in [1.165, 1.54) is 12.1 Å². The van der Waals surface area contributed by atoms with Gasteiger partial charge in [-0.25, -0.2) is 4.57 Å². The summed E-state index contributed by atoms with van der Waals surface area (Å²) < 4.78 is 30.1. The summed E-state index contributed by atoms with van der Waals surface area (Å²) in [6, 6.07) is 10.8. The Bertz CT molecular complexity index is 2370. The molecule has 7 rings (SSSR count). The van der Waals surface area contributed by atoms with Crippen molar-refractivity contribution < 1.29 is 72.4 Å². The van der Waals surface area contributed by atoms with Gasteiger partial charge in [0.25, 0.3) is 0 Å². The minimum absolute atomic E-state index is 0.0445. The number of fused-ring (bicyclic) bond motifs is 7. The van der Waals surface area contributed by atoms with Crippen molar-refractivity contribution in [2.75, 3.05) is 23.8 Å². The summed E-state index contributed by atoms with van der Waals surface area (Å²) in [7, 11) is -5.08. The SMILES string of the molecule is C[C@]12C=CC(=O)C=C1CC[C@@H]1[C@@H]2[C@@H](O)C[C@@]2(C)[C@H]1C[C@H]1O[C@@H](c3cccc(Cc4cc(CO)cc(NC(=O)C(CCC(=O)O)NC(=O)CNC(=O)CBr)c4)c3)O[C@]12C(=O)COP(=O)(O)O. The number of alkyl halides is 1. The monoisotopic (exact) mass is 985 g/mol. The predicted octanol–water partition coefficient (Wildman–Crippen LogP) is 3.29. The van der Waals surface area contributed by atoms with Crippen LogP contribution >= 0.6 is 23.8 Å². The number of phosphoric ester groups is 1. The lowest BCUT2D eigenvalue weighted by atomic mass is 9.46. The van der Waals surface area contributed by atoms with Crippen LogP contribution in [0.15, 0.2) is 66.3 Å². The minimum atomic E-state index is -5.08. The average molecular weight is 987 g/mol. The van der Waals surface area contributed by atoms with Crippen molar-refractivity contribution in [2.45, 2.75) is 95.5 Å². The maximum absolute atomic E-state index is 14.5. The maximum atomic E-state index is 14.5. The number of nitrogens with one attached hydrogen (secondary N) is 3. The molecule has 20 heteroatoms. The van der Waals surface area contributed by atoms with Crippen molar-refractivity contribution in [3.05, 3.63) is 88.5 Å². The van der Waals surface area contributed by atoms with Gasteiger partial charge in [0.15, 0.2) is 23.5 Å². The zero-order valence-corrected chi connectivity index (χ0v) is 38.2. The van der Waals surface area contributed by atoms with Gasteiger partial charge in [-0.05, 0) is 91.3 Å². The third-order valence-corrected chi connectivity index (χ3v) is 15.0. The number of anilines is 1. The Balaban J connectivity index is 1.12. The lowest BCUT2D eigenvalue weighted by Gasteiger charge is -2.59. The molecule has 0 bridgehead atoms. The summed E-state index contributed by atoms with van der Waals surface area (Å²) >= 11 is 2.98. The molecule has 4 aliphatic carbocycles. The second-order valence-electron chi connectivity index (χ2n) is 18.0. The molecule has 1 heterocycles. The molecule has 350 valence electrons. The fourth-order valence-electron chi connectivity index (χ4n) is 11.3. The molecule has 2 aromatic rings. The number of halogens is 1. The highest BCUT2D eigenvalue weighted by Crippen LogP contribution is 2.70. The van der Waals surface area contributed by atoms with Crippen molar-refractivity contribution in [3.63, 3.8) is 0 Å². The van der Waals surface area contributed by atoms with Crippen LogP contribution in [0.5, 0.6) is 0 Å². The number of carbonyl (C=O) groups is 6. The van der Waals surface area contributed by atoms with Gasteiger partial charge in [0.2, 0.25) is 17.7 Å². The molecule has 3 saturated carbocycles. The first-order valence-electron chi connectivity index (χ1n) is 21.4. The van der Waals surface area contributed by atoms with Crippen molar-refractivity contribution in [1.29, 1.82) is 0 Å². The fourth-order valence-corrected chi connectivity index (χ4v) is 11.8. The summed E-state index contributed by atoms with van der Waals surface area (Å²) in [5.41, 5.74) is 0.171. The molecule has 5 aliphatic rings. The molecule has 1 unspecified atom stereocenters. The van der Waals surface area contributed by atoms with E-state index in [-0.39, 0.29) is 60.4 Å². The Morgan fingerprint density at radius 1 is 1.05 bits per heavy atom. The second kappa shape index (κ2) is 19.1. The van der Waals surface area contributed by atoms with E-state index in [9.17, 15) is 58.4 Å². The number of ether oxygens (including phenoxy) is 2. The fraction of sp³-hybridized carbons (Fsp3) is 0.511. The molecule has 65 heavy (non-hydrogen) atoms. The zero-order chi connectivity index (χ0) is 47.1. The molecule has 3 amide bonds. The summed E-state index contributed by atoms with van der Waals surface area (Å²) in [6.07, 6.45) is 3.49. The van der Waals surface area contributed by atoms with Crippen molar-refractivity contribution >= 4 is 64.7 Å². The normalized spacial score (nSPS) is 30.5. The van der Waals surface area contributed by atoms with Crippen molar-refractivity contribution in [1.82, 2.24) is 10.6 Å². The third kappa shape index (κ3) is 9.85. The molecule has 2 aromatic carbocycles. The molecule has 1 saturated heterocycles. The molecular formula is C45H53BrN3O15P. The number of aliphatic carboxylic acids is 1. The Hall–Kier alpha value is -4.43. The lowest BCUT2D eigenvalue weighted by molar-refractivity contribution is -0.200. The van der Waals surface area contributed by atoms with E-state index in [0.29, 0.717) is 36.0 Å². The van der Waals surface area contributed by atoms with Crippen LogP contribution in [-0.4, -0.2) is 103 Å². The molecule has 1 aliphatic heterocycles. The first-order valence-corrected chi connectivity index (χ1v) is 24.0. The van der Waals surface area contributed by atoms with E-state index in [1.54, 1.807) is 30.3 Å². The van der Waals surface area contributed by atoms with Gasteiger partial charge in [0.1, 0.15) is 12.6 Å². The van der Waals surface area contributed by atoms with Gasteiger partial charge in [0.05, 0.1) is 30.7 Å². The molecule has 4 fully saturated rings. The highest BCUT2D eigenvalue weighted by Gasteiger charge is 2.76. The molecule has 18 nitrogen and oxygen atoms in total. The Morgan fingerprint density at radius 3 is 2.51 bits per heavy atom. The molecule has 0 radical (unpaired) electrons. The number of Topliss-reactive ketones (excluding diaryl/α,β-unsaturated/α-hetero) is 1. The van der Waals surface area contributed by atoms with Gasteiger partial charge in [-0.2, -0.15) is 0 Å². The molecular weight excluding hydrogens is 933 g/mol. The van der Waals surface area contributed by atoms with Gasteiger partial charge >= 0.3 is 13.8 Å². The van der Waals surface area contributed by atoms with Crippen molar-refractivity contribution in [2.24, 2.45) is 28.6 Å². The predicted molar refractivity (Wildman–Crippen MR) is 234 cm³/mol. The number of carboxylic acids is 1. The van der Waals surface area contributed by atoms with Gasteiger partial charge in [-0.15, -0.1) is 0 Å². The van der Waals surface area contributed by atoms with Gasteiger partial charge in [-0.3, -0.25) is 33.3 Å². The average Bonchev–Trinajstić information content (AvgIpc) is 3.76. The van der Waals surface area contributed by atoms with E-state index in [1.807, 2.05) is 32.1 Å². The number of aliphatic hydroxyl groups excluding tert-OH is 2. The van der Waals surface area contributed by atoms with Crippen LogP contribution in [-0.2, 0) is 60.4 Å². The van der Waals surface area contributed by atoms with Gasteiger partial charge < -0.3 is 50.5 Å². The van der Waals surface area contributed by atoms with Crippen LogP contribution in [0.25, 0.3) is 0 Å². The topological polar surface area (TPSA) is 284 Å². The van der Waals surface area contributed by atoms with Crippen LogP contribution in [0.1, 0.15) is 80.9 Å². The van der Waals surface area contributed by atoms with E-state index in [2.05, 4.69) is 31.9 Å². The number of hydrogen-bond acceptors (Lipinski definition) is 12. The van der Waals surface area contributed by atoms with Crippen LogP contribution < -0.4 is 16.0 Å². The first-order chi connectivity index (χ1) is 30.7.